The molecule has 0 radical (unpaired) electrons. The number of benzene rings is 1. The van der Waals surface area contributed by atoms with Crippen LogP contribution in [0.5, 0.6) is 0 Å². The molecule has 0 aliphatic heterocycles. The maximum Gasteiger partial charge on any atom is 0.250 e. The van der Waals surface area contributed by atoms with Crippen LogP contribution < -0.4 is 5.73 Å². The fourth-order valence-electron chi connectivity index (χ4n) is 2.10. The second-order valence-corrected chi connectivity index (χ2v) is 4.25. The van der Waals surface area contributed by atoms with Crippen molar-refractivity contribution < 1.29 is 4.79 Å². The SMILES string of the molecule is Cc1nc2ccccc2n1-c1ccc(C(N)=O)cn1. The van der Waals surface area contributed by atoms with Gasteiger partial charge in [0.1, 0.15) is 11.6 Å². The third kappa shape index (κ3) is 1.85. The Balaban J connectivity index is 2.18. The average Bonchev–Trinajstić information content (AvgIpc) is 2.74. The second kappa shape index (κ2) is 4.20. The molecular formula is C14H12N4O. The molecule has 0 aliphatic carbocycles. The van der Waals surface area contributed by atoms with E-state index in [-0.39, 0.29) is 0 Å². The zero-order valence-electron chi connectivity index (χ0n) is 10.4. The molecule has 2 N–H and O–H groups in total. The standard InChI is InChI=1S/C14H12N4O/c1-9-17-11-4-2-3-5-12(11)18(9)13-7-6-10(8-16-13)14(15)19/h2-8H,1H3,(H2,15,19). The Morgan fingerprint density at radius 3 is 2.68 bits per heavy atom. The molecule has 0 fully saturated rings. The Labute approximate surface area is 109 Å². The third-order valence-corrected chi connectivity index (χ3v) is 2.99. The van der Waals surface area contributed by atoms with Crippen molar-refractivity contribution in [3.63, 3.8) is 0 Å². The fraction of sp³-hybridized carbons (Fsp3) is 0.0714. The van der Waals surface area contributed by atoms with Crippen molar-refractivity contribution in [1.29, 1.82) is 0 Å². The van der Waals surface area contributed by atoms with Crippen molar-refractivity contribution in [2.24, 2.45) is 5.73 Å². The molecule has 0 unspecified atom stereocenters. The van der Waals surface area contributed by atoms with Crippen molar-refractivity contribution in [1.82, 2.24) is 14.5 Å². The van der Waals surface area contributed by atoms with Gasteiger partial charge in [-0.05, 0) is 31.2 Å². The van der Waals surface area contributed by atoms with Crippen LogP contribution in [0.25, 0.3) is 16.9 Å². The fourth-order valence-corrected chi connectivity index (χ4v) is 2.10. The maximum absolute atomic E-state index is 11.0. The van der Waals surface area contributed by atoms with Gasteiger partial charge in [0, 0.05) is 6.20 Å². The van der Waals surface area contributed by atoms with E-state index in [2.05, 4.69) is 9.97 Å². The summed E-state index contributed by atoms with van der Waals surface area (Å²) in [5, 5.41) is 0. The van der Waals surface area contributed by atoms with E-state index >= 15 is 0 Å². The first kappa shape index (κ1) is 11.4. The number of para-hydroxylation sites is 2. The van der Waals surface area contributed by atoms with Crippen molar-refractivity contribution in [3.8, 4) is 5.82 Å². The van der Waals surface area contributed by atoms with Crippen molar-refractivity contribution in [3.05, 3.63) is 54.0 Å². The highest BCUT2D eigenvalue weighted by molar-refractivity contribution is 5.92. The first-order chi connectivity index (χ1) is 9.16. The third-order valence-electron chi connectivity index (χ3n) is 2.99. The quantitative estimate of drug-likeness (QED) is 0.756. The number of amides is 1. The van der Waals surface area contributed by atoms with Crippen LogP contribution in [-0.4, -0.2) is 20.4 Å². The topological polar surface area (TPSA) is 73.8 Å². The summed E-state index contributed by atoms with van der Waals surface area (Å²) in [7, 11) is 0. The summed E-state index contributed by atoms with van der Waals surface area (Å²) >= 11 is 0. The summed E-state index contributed by atoms with van der Waals surface area (Å²) in [4.78, 5) is 19.8. The van der Waals surface area contributed by atoms with Gasteiger partial charge in [-0.1, -0.05) is 12.1 Å². The van der Waals surface area contributed by atoms with E-state index in [1.807, 2.05) is 35.8 Å². The molecule has 2 heterocycles. The van der Waals surface area contributed by atoms with Crippen molar-refractivity contribution in [2.45, 2.75) is 6.92 Å². The number of rotatable bonds is 2. The predicted molar refractivity (Wildman–Crippen MR) is 72.1 cm³/mol. The van der Waals surface area contributed by atoms with Crippen LogP contribution >= 0.6 is 0 Å². The molecule has 1 amide bonds. The summed E-state index contributed by atoms with van der Waals surface area (Å²) in [5.41, 5.74) is 7.50. The van der Waals surface area contributed by atoms with Crippen molar-refractivity contribution >= 4 is 16.9 Å². The highest BCUT2D eigenvalue weighted by Crippen LogP contribution is 2.19. The predicted octanol–water partition coefficient (Wildman–Crippen LogP) is 1.83. The number of nitrogens with zero attached hydrogens (tertiary/aromatic N) is 3. The minimum absolute atomic E-state index is 0.394. The lowest BCUT2D eigenvalue weighted by Gasteiger charge is -2.06. The van der Waals surface area contributed by atoms with Gasteiger partial charge in [-0.25, -0.2) is 9.97 Å². The van der Waals surface area contributed by atoms with Gasteiger partial charge < -0.3 is 5.73 Å². The summed E-state index contributed by atoms with van der Waals surface area (Å²) in [5.74, 6) is 1.09. The molecule has 2 aromatic heterocycles. The molecule has 0 aliphatic rings. The number of fused-ring (bicyclic) bond motifs is 1. The minimum atomic E-state index is -0.480. The molecule has 94 valence electrons. The van der Waals surface area contributed by atoms with Crippen LogP contribution in [0.2, 0.25) is 0 Å². The van der Waals surface area contributed by atoms with E-state index in [1.54, 1.807) is 12.1 Å². The summed E-state index contributed by atoms with van der Waals surface area (Å²) in [6.07, 6.45) is 1.48. The van der Waals surface area contributed by atoms with Crippen LogP contribution in [0, 0.1) is 6.92 Å². The number of hydrogen-bond donors (Lipinski definition) is 1. The Hall–Kier alpha value is -2.69. The van der Waals surface area contributed by atoms with Crippen LogP contribution in [-0.2, 0) is 0 Å². The van der Waals surface area contributed by atoms with E-state index in [0.29, 0.717) is 5.56 Å². The van der Waals surface area contributed by atoms with Crippen LogP contribution in [0.1, 0.15) is 16.2 Å². The summed E-state index contributed by atoms with van der Waals surface area (Å²) < 4.78 is 1.94. The molecule has 0 saturated carbocycles. The summed E-state index contributed by atoms with van der Waals surface area (Å²) in [6, 6.07) is 11.3. The summed E-state index contributed by atoms with van der Waals surface area (Å²) in [6.45, 7) is 1.92. The smallest absolute Gasteiger partial charge is 0.250 e. The molecule has 5 heteroatoms. The number of nitrogens with two attached hydrogens (primary N) is 1. The largest absolute Gasteiger partial charge is 0.366 e. The van der Waals surface area contributed by atoms with Gasteiger partial charge in [-0.2, -0.15) is 0 Å². The van der Waals surface area contributed by atoms with Gasteiger partial charge in [0.05, 0.1) is 16.6 Å². The highest BCUT2D eigenvalue weighted by Gasteiger charge is 2.10. The van der Waals surface area contributed by atoms with Gasteiger partial charge in [0.15, 0.2) is 0 Å². The van der Waals surface area contributed by atoms with Crippen LogP contribution in [0.15, 0.2) is 42.6 Å². The van der Waals surface area contributed by atoms with E-state index < -0.39 is 5.91 Å². The molecular weight excluding hydrogens is 240 g/mol. The molecule has 0 saturated heterocycles. The lowest BCUT2D eigenvalue weighted by molar-refractivity contribution is 0.1000. The number of aromatic nitrogens is 3. The first-order valence-corrected chi connectivity index (χ1v) is 5.87. The molecule has 3 rings (SSSR count). The number of carbonyl (C=O) groups excluding carboxylic acids is 1. The van der Waals surface area contributed by atoms with Gasteiger partial charge in [-0.3, -0.25) is 9.36 Å². The lowest BCUT2D eigenvalue weighted by atomic mass is 10.2. The Morgan fingerprint density at radius 1 is 1.21 bits per heavy atom. The number of primary amides is 1. The molecule has 1 aromatic carbocycles. The average molecular weight is 252 g/mol. The van der Waals surface area contributed by atoms with E-state index in [4.69, 9.17) is 5.73 Å². The van der Waals surface area contributed by atoms with Gasteiger partial charge >= 0.3 is 0 Å². The molecule has 5 nitrogen and oxygen atoms in total. The molecule has 3 aromatic rings. The van der Waals surface area contributed by atoms with Gasteiger partial charge in [0.25, 0.3) is 0 Å². The second-order valence-electron chi connectivity index (χ2n) is 4.25. The zero-order chi connectivity index (χ0) is 13.4. The maximum atomic E-state index is 11.0. The molecule has 19 heavy (non-hydrogen) atoms. The number of pyridine rings is 1. The minimum Gasteiger partial charge on any atom is -0.366 e. The Morgan fingerprint density at radius 2 is 2.00 bits per heavy atom. The first-order valence-electron chi connectivity index (χ1n) is 5.87. The number of carbonyl (C=O) groups is 1. The molecule has 0 bridgehead atoms. The number of hydrogen-bond acceptors (Lipinski definition) is 3. The van der Waals surface area contributed by atoms with Crippen molar-refractivity contribution in [2.75, 3.05) is 0 Å². The van der Waals surface area contributed by atoms with Crippen LogP contribution in [0.3, 0.4) is 0 Å². The monoisotopic (exact) mass is 252 g/mol. The number of imidazole rings is 1. The van der Waals surface area contributed by atoms with E-state index in [9.17, 15) is 4.79 Å². The normalized spacial score (nSPS) is 10.8. The Bertz CT molecular complexity index is 759. The van der Waals surface area contributed by atoms with E-state index in [1.165, 1.54) is 6.20 Å². The van der Waals surface area contributed by atoms with Gasteiger partial charge in [-0.15, -0.1) is 0 Å². The lowest BCUT2D eigenvalue weighted by Crippen LogP contribution is -2.11. The number of aryl methyl sites for hydroxylation is 1. The van der Waals surface area contributed by atoms with Crippen LogP contribution in [0.4, 0.5) is 0 Å². The van der Waals surface area contributed by atoms with Gasteiger partial charge in [0.2, 0.25) is 5.91 Å². The zero-order valence-corrected chi connectivity index (χ0v) is 10.4. The highest BCUT2D eigenvalue weighted by atomic mass is 16.1. The Kier molecular flexibility index (Phi) is 2.52. The molecule has 0 atom stereocenters. The van der Waals surface area contributed by atoms with E-state index in [0.717, 1.165) is 22.7 Å². The molecule has 0 spiro atoms.